The Morgan fingerprint density at radius 2 is 2.23 bits per heavy atom. The lowest BCUT2D eigenvalue weighted by atomic mass is 9.73. The summed E-state index contributed by atoms with van der Waals surface area (Å²) in [6.07, 6.45) is 3.75. The first-order valence-electron chi connectivity index (χ1n) is 7.70. The van der Waals surface area contributed by atoms with Crippen LogP contribution in [0.4, 0.5) is 4.79 Å². The largest absolute Gasteiger partial charge is 0.325 e. The predicted molar refractivity (Wildman–Crippen MR) is 80.6 cm³/mol. The number of nitrogens with zero attached hydrogens (tertiary/aromatic N) is 2. The fourth-order valence-corrected chi connectivity index (χ4v) is 3.56. The number of imide groups is 1. The van der Waals surface area contributed by atoms with Crippen LogP contribution in [-0.2, 0) is 11.3 Å². The molecule has 1 aliphatic heterocycles. The van der Waals surface area contributed by atoms with Gasteiger partial charge in [0.25, 0.3) is 5.91 Å². The zero-order valence-corrected chi connectivity index (χ0v) is 12.6. The van der Waals surface area contributed by atoms with E-state index in [-0.39, 0.29) is 24.4 Å². The molecule has 3 rings (SSSR count). The molecule has 0 radical (unpaired) electrons. The molecule has 1 saturated carbocycles. The Labute approximate surface area is 129 Å². The van der Waals surface area contributed by atoms with Gasteiger partial charge in [0, 0.05) is 0 Å². The summed E-state index contributed by atoms with van der Waals surface area (Å²) in [6.45, 7) is 2.26. The Balaban J connectivity index is 1.84. The van der Waals surface area contributed by atoms with Gasteiger partial charge >= 0.3 is 6.03 Å². The van der Waals surface area contributed by atoms with Crippen LogP contribution in [0.3, 0.4) is 0 Å². The molecule has 5 nitrogen and oxygen atoms in total. The first-order valence-corrected chi connectivity index (χ1v) is 7.70. The smallest absolute Gasteiger partial charge is 0.323 e. The van der Waals surface area contributed by atoms with E-state index in [0.29, 0.717) is 12.0 Å². The van der Waals surface area contributed by atoms with Crippen molar-refractivity contribution in [1.82, 2.24) is 10.2 Å². The number of nitrogens with one attached hydrogen (secondary N) is 1. The molecule has 5 heteroatoms. The average Bonchev–Trinajstić information content (AvgIpc) is 2.76. The number of benzene rings is 1. The maximum Gasteiger partial charge on any atom is 0.325 e. The van der Waals surface area contributed by atoms with E-state index >= 15 is 0 Å². The van der Waals surface area contributed by atoms with Crippen molar-refractivity contribution in [2.24, 2.45) is 5.92 Å². The monoisotopic (exact) mass is 297 g/mol. The first-order chi connectivity index (χ1) is 10.6. The molecule has 2 aliphatic rings. The quantitative estimate of drug-likeness (QED) is 0.853. The molecule has 1 saturated heterocycles. The maximum absolute atomic E-state index is 12.8. The minimum absolute atomic E-state index is 0.118. The van der Waals surface area contributed by atoms with Gasteiger partial charge in [-0.2, -0.15) is 5.26 Å². The third-order valence-corrected chi connectivity index (χ3v) is 4.90. The molecule has 1 aliphatic carbocycles. The summed E-state index contributed by atoms with van der Waals surface area (Å²) in [5, 5.41) is 11.9. The van der Waals surface area contributed by atoms with Crippen LogP contribution < -0.4 is 5.32 Å². The highest BCUT2D eigenvalue weighted by Crippen LogP contribution is 2.38. The number of hydrogen-bond donors (Lipinski definition) is 1. The number of rotatable bonds is 2. The van der Waals surface area contributed by atoms with Crippen LogP contribution in [0.2, 0.25) is 0 Å². The maximum atomic E-state index is 12.8. The summed E-state index contributed by atoms with van der Waals surface area (Å²) in [5.41, 5.74) is 0.607. The van der Waals surface area contributed by atoms with Crippen molar-refractivity contribution in [3.63, 3.8) is 0 Å². The number of carbonyl (C=O) groups is 2. The minimum atomic E-state index is -0.720. The van der Waals surface area contributed by atoms with Crippen molar-refractivity contribution in [2.45, 2.75) is 44.7 Å². The van der Waals surface area contributed by atoms with Crippen molar-refractivity contribution in [3.05, 3.63) is 35.4 Å². The second-order valence-corrected chi connectivity index (χ2v) is 6.25. The van der Waals surface area contributed by atoms with Crippen molar-refractivity contribution < 1.29 is 9.59 Å². The third-order valence-electron chi connectivity index (χ3n) is 4.90. The van der Waals surface area contributed by atoms with Crippen LogP contribution in [0.5, 0.6) is 0 Å². The SMILES string of the molecule is C[C@H]1CCCC[C@@]12NC(=O)N(Cc1cccc(C#N)c1)C2=O. The predicted octanol–water partition coefficient (Wildman–Crippen LogP) is 2.56. The molecule has 0 unspecified atom stereocenters. The first kappa shape index (κ1) is 14.6. The molecule has 22 heavy (non-hydrogen) atoms. The van der Waals surface area contributed by atoms with E-state index in [2.05, 4.69) is 11.4 Å². The Kier molecular flexibility index (Phi) is 3.61. The third kappa shape index (κ3) is 2.25. The minimum Gasteiger partial charge on any atom is -0.323 e. The van der Waals surface area contributed by atoms with E-state index in [4.69, 9.17) is 5.26 Å². The Morgan fingerprint density at radius 3 is 2.95 bits per heavy atom. The van der Waals surface area contributed by atoms with Crippen LogP contribution in [0.15, 0.2) is 24.3 Å². The summed E-state index contributed by atoms with van der Waals surface area (Å²) in [5.74, 6) is 0.0419. The van der Waals surface area contributed by atoms with Crippen LogP contribution in [-0.4, -0.2) is 22.4 Å². The van der Waals surface area contributed by atoms with E-state index in [0.717, 1.165) is 24.8 Å². The molecular formula is C17H19N3O2. The van der Waals surface area contributed by atoms with Crippen molar-refractivity contribution >= 4 is 11.9 Å². The lowest BCUT2D eigenvalue weighted by Crippen LogP contribution is -2.53. The summed E-state index contributed by atoms with van der Waals surface area (Å²) in [7, 11) is 0. The van der Waals surface area contributed by atoms with Crippen LogP contribution in [0.25, 0.3) is 0 Å². The molecular weight excluding hydrogens is 278 g/mol. The van der Waals surface area contributed by atoms with Gasteiger partial charge in [0.1, 0.15) is 5.54 Å². The van der Waals surface area contributed by atoms with Gasteiger partial charge in [-0.05, 0) is 36.5 Å². The van der Waals surface area contributed by atoms with E-state index < -0.39 is 5.54 Å². The van der Waals surface area contributed by atoms with Gasteiger partial charge in [0.2, 0.25) is 0 Å². The molecule has 114 valence electrons. The highest BCUT2D eigenvalue weighted by atomic mass is 16.2. The van der Waals surface area contributed by atoms with Crippen molar-refractivity contribution in [2.75, 3.05) is 0 Å². The molecule has 1 aromatic rings. The van der Waals surface area contributed by atoms with Crippen LogP contribution in [0.1, 0.15) is 43.7 Å². The van der Waals surface area contributed by atoms with Gasteiger partial charge in [0.15, 0.2) is 0 Å². The van der Waals surface area contributed by atoms with Gasteiger partial charge < -0.3 is 5.32 Å². The fourth-order valence-electron chi connectivity index (χ4n) is 3.56. The zero-order valence-electron chi connectivity index (χ0n) is 12.6. The number of urea groups is 1. The Hall–Kier alpha value is -2.35. The topological polar surface area (TPSA) is 73.2 Å². The van der Waals surface area contributed by atoms with Gasteiger partial charge in [-0.1, -0.05) is 31.9 Å². The average molecular weight is 297 g/mol. The number of hydrogen-bond acceptors (Lipinski definition) is 3. The Bertz CT molecular complexity index is 664. The molecule has 3 amide bonds. The molecule has 0 bridgehead atoms. The molecule has 0 aromatic heterocycles. The standard InChI is InChI=1S/C17H19N3O2/c1-12-5-2-3-8-17(12)15(21)20(16(22)19-17)11-14-7-4-6-13(9-14)10-18/h4,6-7,9,12H,2-3,5,8,11H2,1H3,(H,19,22)/t12-,17+/m0/s1. The van der Waals surface area contributed by atoms with Gasteiger partial charge in [0.05, 0.1) is 18.2 Å². The van der Waals surface area contributed by atoms with Crippen LogP contribution in [0, 0.1) is 17.2 Å². The second-order valence-electron chi connectivity index (χ2n) is 6.25. The number of carbonyl (C=O) groups excluding carboxylic acids is 2. The van der Waals surface area contributed by atoms with Gasteiger partial charge in [-0.25, -0.2) is 4.79 Å². The van der Waals surface area contributed by atoms with E-state index in [9.17, 15) is 9.59 Å². The van der Waals surface area contributed by atoms with Crippen molar-refractivity contribution in [1.29, 1.82) is 5.26 Å². The molecule has 2 fully saturated rings. The summed E-state index contributed by atoms with van der Waals surface area (Å²) < 4.78 is 0. The summed E-state index contributed by atoms with van der Waals surface area (Å²) in [4.78, 5) is 26.4. The van der Waals surface area contributed by atoms with Gasteiger partial charge in [-0.3, -0.25) is 9.69 Å². The van der Waals surface area contributed by atoms with Crippen LogP contribution >= 0.6 is 0 Å². The van der Waals surface area contributed by atoms with E-state index in [1.165, 1.54) is 4.90 Å². The molecule has 1 N–H and O–H groups in total. The number of nitriles is 1. The van der Waals surface area contributed by atoms with Crippen molar-refractivity contribution in [3.8, 4) is 6.07 Å². The fraction of sp³-hybridized carbons (Fsp3) is 0.471. The summed E-state index contributed by atoms with van der Waals surface area (Å²) in [6, 6.07) is 8.78. The zero-order chi connectivity index (χ0) is 15.7. The second kappa shape index (κ2) is 5.45. The van der Waals surface area contributed by atoms with Gasteiger partial charge in [-0.15, -0.1) is 0 Å². The molecule has 1 heterocycles. The lowest BCUT2D eigenvalue weighted by molar-refractivity contribution is -0.134. The molecule has 2 atom stereocenters. The normalized spacial score (nSPS) is 27.8. The highest BCUT2D eigenvalue weighted by molar-refractivity contribution is 6.07. The molecule has 1 aromatic carbocycles. The van der Waals surface area contributed by atoms with E-state index in [1.54, 1.807) is 18.2 Å². The highest BCUT2D eigenvalue weighted by Gasteiger charge is 2.54. The van der Waals surface area contributed by atoms with E-state index in [1.807, 2.05) is 13.0 Å². The number of amides is 3. The Morgan fingerprint density at radius 1 is 1.41 bits per heavy atom. The molecule has 1 spiro atoms. The lowest BCUT2D eigenvalue weighted by Gasteiger charge is -2.36. The summed E-state index contributed by atoms with van der Waals surface area (Å²) >= 11 is 0.